The van der Waals surface area contributed by atoms with Gasteiger partial charge in [0.25, 0.3) is 13.1 Å². The van der Waals surface area contributed by atoms with E-state index in [2.05, 4.69) is 5.32 Å². The molecule has 2 aromatic rings. The molecule has 40 heavy (non-hydrogen) atoms. The van der Waals surface area contributed by atoms with E-state index in [-0.39, 0.29) is 36.2 Å². The number of esters is 1. The Morgan fingerprint density at radius 1 is 1.02 bits per heavy atom. The third-order valence-corrected chi connectivity index (χ3v) is 9.28. The highest BCUT2D eigenvalue weighted by Crippen LogP contribution is 2.73. The quantitative estimate of drug-likeness (QED) is 0.172. The fraction of sp³-hybridized carbons (Fsp3) is 0.481. The van der Waals surface area contributed by atoms with E-state index < -0.39 is 35.2 Å². The van der Waals surface area contributed by atoms with Crippen LogP contribution in [-0.4, -0.2) is 46.7 Å². The van der Waals surface area contributed by atoms with Crippen LogP contribution in [0, 0.1) is 16.0 Å². The Bertz CT molecular complexity index is 1290. The van der Waals surface area contributed by atoms with Crippen molar-refractivity contribution in [2.24, 2.45) is 11.7 Å². The number of carbonyl (C=O) groups excluding carboxylic acids is 2. The second kappa shape index (κ2) is 11.5. The van der Waals surface area contributed by atoms with Crippen molar-refractivity contribution in [3.05, 3.63) is 58.6 Å². The van der Waals surface area contributed by atoms with Crippen molar-refractivity contribution in [2.45, 2.75) is 63.4 Å². The van der Waals surface area contributed by atoms with Gasteiger partial charge < -0.3 is 29.8 Å². The van der Waals surface area contributed by atoms with Crippen molar-refractivity contribution < 1.29 is 37.8 Å². The molecule has 1 heterocycles. The Labute approximate surface area is 232 Å². The highest BCUT2D eigenvalue weighted by atomic mass is 31.2. The molecule has 2 aromatic carbocycles. The van der Waals surface area contributed by atoms with Crippen LogP contribution in [0.2, 0.25) is 0 Å². The summed E-state index contributed by atoms with van der Waals surface area (Å²) in [5, 5.41) is 12.0. The highest BCUT2D eigenvalue weighted by Gasteiger charge is 2.72. The van der Waals surface area contributed by atoms with Crippen LogP contribution in [0.15, 0.2) is 48.5 Å². The van der Waals surface area contributed by atoms with Crippen molar-refractivity contribution in [3.63, 3.8) is 0 Å². The Morgan fingerprint density at radius 2 is 1.57 bits per heavy atom. The van der Waals surface area contributed by atoms with Crippen LogP contribution in [0.4, 0.5) is 10.5 Å². The molecule has 0 aromatic heterocycles. The van der Waals surface area contributed by atoms with Gasteiger partial charge in [-0.2, -0.15) is 0 Å². The van der Waals surface area contributed by atoms with Crippen LogP contribution in [0.3, 0.4) is 0 Å². The molecule has 1 amide bonds. The molecule has 216 valence electrons. The van der Waals surface area contributed by atoms with Gasteiger partial charge in [-0.3, -0.25) is 14.7 Å². The molecule has 1 saturated carbocycles. The summed E-state index contributed by atoms with van der Waals surface area (Å²) in [7, 11) is -3.49. The number of hydrogen-bond acceptors (Lipinski definition) is 10. The zero-order valence-corrected chi connectivity index (χ0v) is 23.6. The molecule has 4 rings (SSSR count). The zero-order chi connectivity index (χ0) is 29.1. The van der Waals surface area contributed by atoms with E-state index in [1.54, 1.807) is 12.1 Å². The molecule has 3 N–H and O–H groups in total. The van der Waals surface area contributed by atoms with Crippen molar-refractivity contribution in [1.29, 1.82) is 0 Å². The summed E-state index contributed by atoms with van der Waals surface area (Å²) in [6, 6.07) is 11.9. The topological polar surface area (TPSA) is 169 Å². The number of nitrogens with zero attached hydrogens (tertiary/aromatic N) is 1. The highest BCUT2D eigenvalue weighted by molar-refractivity contribution is 7.70. The Kier molecular flexibility index (Phi) is 8.41. The van der Waals surface area contributed by atoms with Crippen LogP contribution >= 0.6 is 7.37 Å². The summed E-state index contributed by atoms with van der Waals surface area (Å²) < 4.78 is 35.2. The molecule has 2 fully saturated rings. The maximum absolute atomic E-state index is 13.2. The molecule has 1 aliphatic heterocycles. The van der Waals surface area contributed by atoms with E-state index in [1.807, 2.05) is 20.8 Å². The number of carbonyl (C=O) groups is 2. The first-order valence-electron chi connectivity index (χ1n) is 13.0. The van der Waals surface area contributed by atoms with Gasteiger partial charge in [0.05, 0.1) is 17.7 Å². The number of non-ortho nitro benzene ring substituents is 1. The SMILES string of the molecule is CC(C)(C)OC(=O)NC1CCC(COC(=O)[C@@]2(N)CP2(=O)Oc2ccc(Oc3ccc([N+](=O)[O-])cc3)cc2)CC1. The van der Waals surface area contributed by atoms with Crippen molar-refractivity contribution in [2.75, 3.05) is 12.8 Å². The molecule has 2 aliphatic rings. The number of nitrogens with two attached hydrogens (primary N) is 1. The molecule has 0 spiro atoms. The third kappa shape index (κ3) is 7.31. The van der Waals surface area contributed by atoms with Crippen molar-refractivity contribution >= 4 is 25.1 Å². The first kappa shape index (κ1) is 29.4. The molecular formula is C27H34N3O9P. The van der Waals surface area contributed by atoms with Crippen molar-refractivity contribution in [1.82, 2.24) is 5.32 Å². The van der Waals surface area contributed by atoms with Gasteiger partial charge >= 0.3 is 12.1 Å². The van der Waals surface area contributed by atoms with E-state index in [1.165, 1.54) is 36.4 Å². The van der Waals surface area contributed by atoms with Gasteiger partial charge in [0.15, 0.2) is 0 Å². The van der Waals surface area contributed by atoms with E-state index in [9.17, 15) is 24.3 Å². The fourth-order valence-corrected chi connectivity index (χ4v) is 6.45. The fourth-order valence-electron chi connectivity index (χ4n) is 4.38. The average molecular weight is 576 g/mol. The van der Waals surface area contributed by atoms with Gasteiger partial charge in [0.1, 0.15) is 22.8 Å². The van der Waals surface area contributed by atoms with E-state index in [4.69, 9.17) is 24.5 Å². The van der Waals surface area contributed by atoms with E-state index >= 15 is 0 Å². The maximum atomic E-state index is 13.2. The normalized spacial score (nSPS) is 25.8. The van der Waals surface area contributed by atoms with E-state index in [0.29, 0.717) is 11.5 Å². The standard InChI is InChI=1S/C27H34N3O9P/c1-26(2,3)38-25(32)29-19-6-4-18(5-7-19)16-36-24(31)27(28)17-40(27,35)39-23-14-12-22(13-15-23)37-21-10-8-20(9-11-21)30(33)34/h8-15,18-19H,4-7,16-17,28H2,1-3H3,(H,29,32)/t18?,19?,27-,40?/m1/s1. The predicted octanol–water partition coefficient (Wildman–Crippen LogP) is 5.34. The van der Waals surface area contributed by atoms with Crippen LogP contribution < -0.4 is 20.3 Å². The number of ether oxygens (including phenoxy) is 3. The second-order valence-corrected chi connectivity index (χ2v) is 13.8. The molecule has 0 radical (unpaired) electrons. The number of nitro benzene ring substituents is 1. The smallest absolute Gasteiger partial charge is 0.407 e. The number of amides is 1. The molecule has 0 bridgehead atoms. The van der Waals surface area contributed by atoms with Gasteiger partial charge in [-0.25, -0.2) is 9.59 Å². The number of rotatable bonds is 9. The van der Waals surface area contributed by atoms with E-state index in [0.717, 1.165) is 25.7 Å². The summed E-state index contributed by atoms with van der Waals surface area (Å²) in [5.41, 5.74) is 5.52. The molecular weight excluding hydrogens is 541 g/mol. The van der Waals surface area contributed by atoms with Gasteiger partial charge in [-0.05, 0) is 88.8 Å². The maximum Gasteiger partial charge on any atom is 0.407 e. The molecule has 13 heteroatoms. The number of benzene rings is 2. The van der Waals surface area contributed by atoms with Crippen molar-refractivity contribution in [3.8, 4) is 17.2 Å². The summed E-state index contributed by atoms with van der Waals surface area (Å²) in [6.07, 6.45) is 2.43. The Morgan fingerprint density at radius 3 is 2.12 bits per heavy atom. The van der Waals surface area contributed by atoms with Crippen LogP contribution in [0.1, 0.15) is 46.5 Å². The van der Waals surface area contributed by atoms with Gasteiger partial charge in [-0.1, -0.05) is 0 Å². The number of hydrogen-bond donors (Lipinski definition) is 2. The first-order valence-corrected chi connectivity index (χ1v) is 14.8. The van der Waals surface area contributed by atoms with Crippen LogP contribution in [0.5, 0.6) is 17.2 Å². The lowest BCUT2D eigenvalue weighted by atomic mass is 9.86. The molecule has 1 unspecified atom stereocenters. The number of alkyl carbamates (subject to hydrolysis) is 1. The summed E-state index contributed by atoms with van der Waals surface area (Å²) in [4.78, 5) is 35.0. The molecule has 1 saturated heterocycles. The molecule has 1 aliphatic carbocycles. The summed E-state index contributed by atoms with van der Waals surface area (Å²) >= 11 is 0. The minimum Gasteiger partial charge on any atom is -0.464 e. The van der Waals surface area contributed by atoms with Crippen LogP contribution in [-0.2, 0) is 18.8 Å². The van der Waals surface area contributed by atoms with Gasteiger partial charge in [-0.15, -0.1) is 0 Å². The summed E-state index contributed by atoms with van der Waals surface area (Å²) in [5.74, 6) is 0.473. The monoisotopic (exact) mass is 575 g/mol. The van der Waals surface area contributed by atoms with Gasteiger partial charge in [0.2, 0.25) is 5.28 Å². The van der Waals surface area contributed by atoms with Crippen LogP contribution in [0.25, 0.3) is 0 Å². The minimum atomic E-state index is -3.49. The predicted molar refractivity (Wildman–Crippen MR) is 146 cm³/mol. The summed E-state index contributed by atoms with van der Waals surface area (Å²) in [6.45, 7) is 5.58. The minimum absolute atomic E-state index is 0.00521. The second-order valence-electron chi connectivity index (χ2n) is 11.1. The number of nitrogens with one attached hydrogen (secondary N) is 1. The Balaban J connectivity index is 1.21. The first-order chi connectivity index (χ1) is 18.8. The number of nitro groups is 1. The lowest BCUT2D eigenvalue weighted by Crippen LogP contribution is -2.41. The average Bonchev–Trinajstić information content (AvgIpc) is 3.44. The lowest BCUT2D eigenvalue weighted by Gasteiger charge is -2.30. The lowest BCUT2D eigenvalue weighted by molar-refractivity contribution is -0.384. The third-order valence-electron chi connectivity index (χ3n) is 6.68. The largest absolute Gasteiger partial charge is 0.464 e. The molecule has 2 atom stereocenters. The van der Waals surface area contributed by atoms with Gasteiger partial charge in [0, 0.05) is 18.2 Å². The molecule has 12 nitrogen and oxygen atoms in total. The zero-order valence-electron chi connectivity index (χ0n) is 22.7. The Hall–Kier alpha value is -3.63.